The van der Waals surface area contributed by atoms with Crippen molar-refractivity contribution >= 4 is 5.69 Å². The summed E-state index contributed by atoms with van der Waals surface area (Å²) in [6, 6.07) is 11.8. The molecule has 4 nitrogen and oxygen atoms in total. The summed E-state index contributed by atoms with van der Waals surface area (Å²) in [5, 5.41) is 13.3. The second-order valence-corrected chi connectivity index (χ2v) is 5.46. The Morgan fingerprint density at radius 1 is 1.10 bits per heavy atom. The van der Waals surface area contributed by atoms with E-state index in [1.54, 1.807) is 6.07 Å². The number of ether oxygens (including phenoxy) is 2. The second-order valence-electron chi connectivity index (χ2n) is 5.46. The number of anilines is 1. The third-order valence-corrected chi connectivity index (χ3v) is 3.63. The van der Waals surface area contributed by atoms with Crippen LogP contribution < -0.4 is 14.8 Å². The van der Waals surface area contributed by atoms with Crippen LogP contribution in [0.15, 0.2) is 36.4 Å². The standard InChI is InChI=1S/C17H19NO3/c1-11(2)12-3-5-14(6-4-12)18-9-13-7-16-17(8-15(13)19)21-10-20-16/h3-8,11,18-19H,9-10H2,1-2H3. The van der Waals surface area contributed by atoms with Crippen LogP contribution in [-0.4, -0.2) is 11.9 Å². The first kappa shape index (κ1) is 13.6. The largest absolute Gasteiger partial charge is 0.507 e. The van der Waals surface area contributed by atoms with Crippen molar-refractivity contribution in [3.8, 4) is 17.2 Å². The summed E-state index contributed by atoms with van der Waals surface area (Å²) in [5.41, 5.74) is 3.12. The molecule has 0 spiro atoms. The Labute approximate surface area is 124 Å². The highest BCUT2D eigenvalue weighted by molar-refractivity contribution is 5.53. The van der Waals surface area contributed by atoms with Gasteiger partial charge in [0.25, 0.3) is 0 Å². The van der Waals surface area contributed by atoms with E-state index in [1.807, 2.05) is 6.07 Å². The maximum Gasteiger partial charge on any atom is 0.231 e. The summed E-state index contributed by atoms with van der Waals surface area (Å²) < 4.78 is 10.6. The van der Waals surface area contributed by atoms with Crippen LogP contribution in [0.3, 0.4) is 0 Å². The summed E-state index contributed by atoms with van der Waals surface area (Å²) in [5.74, 6) is 2.01. The van der Waals surface area contributed by atoms with Crippen molar-refractivity contribution in [1.82, 2.24) is 0 Å². The number of aromatic hydroxyl groups is 1. The van der Waals surface area contributed by atoms with E-state index in [4.69, 9.17) is 9.47 Å². The third kappa shape index (κ3) is 2.89. The van der Waals surface area contributed by atoms with Crippen LogP contribution in [-0.2, 0) is 6.54 Å². The van der Waals surface area contributed by atoms with Crippen LogP contribution in [0.1, 0.15) is 30.9 Å². The van der Waals surface area contributed by atoms with Gasteiger partial charge in [-0.1, -0.05) is 26.0 Å². The Balaban J connectivity index is 1.70. The number of phenols is 1. The van der Waals surface area contributed by atoms with E-state index in [9.17, 15) is 5.11 Å². The van der Waals surface area contributed by atoms with Gasteiger partial charge in [-0.15, -0.1) is 0 Å². The summed E-state index contributed by atoms with van der Waals surface area (Å²) in [6.45, 7) is 5.09. The number of hydrogen-bond donors (Lipinski definition) is 2. The smallest absolute Gasteiger partial charge is 0.231 e. The Bertz CT molecular complexity index is 635. The lowest BCUT2D eigenvalue weighted by Gasteiger charge is -2.11. The predicted molar refractivity (Wildman–Crippen MR) is 82.1 cm³/mol. The highest BCUT2D eigenvalue weighted by Gasteiger charge is 2.16. The topological polar surface area (TPSA) is 50.7 Å². The van der Waals surface area contributed by atoms with Gasteiger partial charge in [-0.3, -0.25) is 0 Å². The number of rotatable bonds is 4. The number of nitrogens with one attached hydrogen (secondary N) is 1. The van der Waals surface area contributed by atoms with Crippen molar-refractivity contribution in [2.75, 3.05) is 12.1 Å². The molecule has 0 radical (unpaired) electrons. The lowest BCUT2D eigenvalue weighted by Crippen LogP contribution is -2.00. The van der Waals surface area contributed by atoms with Gasteiger partial charge in [0.05, 0.1) is 0 Å². The van der Waals surface area contributed by atoms with Gasteiger partial charge >= 0.3 is 0 Å². The van der Waals surface area contributed by atoms with Gasteiger partial charge in [-0.25, -0.2) is 0 Å². The molecule has 1 heterocycles. The average molecular weight is 285 g/mol. The molecule has 0 saturated heterocycles. The maximum absolute atomic E-state index is 9.99. The van der Waals surface area contributed by atoms with Gasteiger partial charge in [0.15, 0.2) is 11.5 Å². The third-order valence-electron chi connectivity index (χ3n) is 3.63. The van der Waals surface area contributed by atoms with E-state index < -0.39 is 0 Å². The highest BCUT2D eigenvalue weighted by Crippen LogP contribution is 2.37. The van der Waals surface area contributed by atoms with Gasteiger partial charge in [0.2, 0.25) is 6.79 Å². The molecule has 1 aliphatic heterocycles. The Hall–Kier alpha value is -2.36. The molecule has 0 unspecified atom stereocenters. The van der Waals surface area contributed by atoms with E-state index in [1.165, 1.54) is 5.56 Å². The van der Waals surface area contributed by atoms with E-state index in [0.29, 0.717) is 24.0 Å². The van der Waals surface area contributed by atoms with Crippen LogP contribution in [0.4, 0.5) is 5.69 Å². The molecule has 0 saturated carbocycles. The molecule has 3 rings (SSSR count). The zero-order valence-corrected chi connectivity index (χ0v) is 12.2. The van der Waals surface area contributed by atoms with E-state index in [0.717, 1.165) is 11.3 Å². The van der Waals surface area contributed by atoms with Crippen molar-refractivity contribution in [3.63, 3.8) is 0 Å². The minimum absolute atomic E-state index is 0.211. The first-order valence-corrected chi connectivity index (χ1v) is 7.09. The van der Waals surface area contributed by atoms with Gasteiger partial charge < -0.3 is 19.9 Å². The van der Waals surface area contributed by atoms with Crippen LogP contribution >= 0.6 is 0 Å². The highest BCUT2D eigenvalue weighted by atomic mass is 16.7. The first-order valence-electron chi connectivity index (χ1n) is 7.09. The molecular weight excluding hydrogens is 266 g/mol. The van der Waals surface area contributed by atoms with E-state index >= 15 is 0 Å². The molecule has 1 aliphatic rings. The number of phenolic OH excluding ortho intramolecular Hbond substituents is 1. The number of fused-ring (bicyclic) bond motifs is 1. The molecule has 0 amide bonds. The van der Waals surface area contributed by atoms with E-state index in [-0.39, 0.29) is 12.5 Å². The molecule has 2 aromatic carbocycles. The van der Waals surface area contributed by atoms with Crippen LogP contribution in [0.25, 0.3) is 0 Å². The summed E-state index contributed by atoms with van der Waals surface area (Å²) >= 11 is 0. The van der Waals surface area contributed by atoms with Crippen molar-refractivity contribution in [3.05, 3.63) is 47.5 Å². The molecule has 2 aromatic rings. The molecule has 4 heteroatoms. The lowest BCUT2D eigenvalue weighted by atomic mass is 10.0. The Morgan fingerprint density at radius 3 is 2.43 bits per heavy atom. The zero-order chi connectivity index (χ0) is 14.8. The van der Waals surface area contributed by atoms with Gasteiger partial charge in [0.1, 0.15) is 5.75 Å². The van der Waals surface area contributed by atoms with Crippen molar-refractivity contribution < 1.29 is 14.6 Å². The minimum atomic E-state index is 0.211. The summed E-state index contributed by atoms with van der Waals surface area (Å²) in [4.78, 5) is 0. The minimum Gasteiger partial charge on any atom is -0.507 e. The molecule has 110 valence electrons. The van der Waals surface area contributed by atoms with Crippen molar-refractivity contribution in [2.24, 2.45) is 0 Å². The molecule has 0 bridgehead atoms. The fraction of sp³-hybridized carbons (Fsp3) is 0.294. The summed E-state index contributed by atoms with van der Waals surface area (Å²) in [7, 11) is 0. The second kappa shape index (κ2) is 5.56. The molecule has 0 atom stereocenters. The fourth-order valence-electron chi connectivity index (χ4n) is 2.30. The average Bonchev–Trinajstić information content (AvgIpc) is 2.92. The molecular formula is C17H19NO3. The Kier molecular flexibility index (Phi) is 3.60. The SMILES string of the molecule is CC(C)c1ccc(NCc2cc3c(cc2O)OCO3)cc1. The zero-order valence-electron chi connectivity index (χ0n) is 12.2. The molecule has 0 fully saturated rings. The van der Waals surface area contributed by atoms with Crippen molar-refractivity contribution in [2.45, 2.75) is 26.3 Å². The van der Waals surface area contributed by atoms with Crippen LogP contribution in [0, 0.1) is 0 Å². The molecule has 2 N–H and O–H groups in total. The predicted octanol–water partition coefficient (Wildman–Crippen LogP) is 3.86. The monoisotopic (exact) mass is 285 g/mol. The molecule has 21 heavy (non-hydrogen) atoms. The number of hydrogen-bond acceptors (Lipinski definition) is 4. The molecule has 0 aromatic heterocycles. The quantitative estimate of drug-likeness (QED) is 0.895. The van der Waals surface area contributed by atoms with Gasteiger partial charge in [-0.2, -0.15) is 0 Å². The van der Waals surface area contributed by atoms with Crippen LogP contribution in [0.5, 0.6) is 17.2 Å². The van der Waals surface area contributed by atoms with Gasteiger partial charge in [0, 0.05) is 23.9 Å². The fourth-order valence-corrected chi connectivity index (χ4v) is 2.30. The maximum atomic E-state index is 9.99. The summed E-state index contributed by atoms with van der Waals surface area (Å²) in [6.07, 6.45) is 0. The van der Waals surface area contributed by atoms with Crippen molar-refractivity contribution in [1.29, 1.82) is 0 Å². The first-order chi connectivity index (χ1) is 10.1. The van der Waals surface area contributed by atoms with Crippen LogP contribution in [0.2, 0.25) is 0 Å². The normalized spacial score (nSPS) is 12.7. The van der Waals surface area contributed by atoms with E-state index in [2.05, 4.69) is 43.4 Å². The lowest BCUT2D eigenvalue weighted by molar-refractivity contribution is 0.174. The van der Waals surface area contributed by atoms with Gasteiger partial charge in [-0.05, 0) is 29.7 Å². The Morgan fingerprint density at radius 2 is 1.76 bits per heavy atom. The molecule has 0 aliphatic carbocycles. The number of benzene rings is 2.